The minimum Gasteiger partial charge on any atom is -0.311 e. The molecular formula is C13H20Cl2N2O2S. The number of benzene rings is 1. The van der Waals surface area contributed by atoms with Gasteiger partial charge in [-0.1, -0.05) is 17.7 Å². The standard InChI is InChI=1S/C13H19ClN2O2S.ClH/c1-9-4-5-13(12(14)8-9)19(17,18)16-7-6-15-10(2)11(16)3;/h4-5,8,10-11,15H,6-7H2,1-3H3;1H. The lowest BCUT2D eigenvalue weighted by Gasteiger charge is -2.37. The van der Waals surface area contributed by atoms with E-state index in [0.717, 1.165) is 5.56 Å². The van der Waals surface area contributed by atoms with Crippen LogP contribution in [0.25, 0.3) is 0 Å². The van der Waals surface area contributed by atoms with Crippen LogP contribution in [0.5, 0.6) is 0 Å². The molecule has 1 N–H and O–H groups in total. The highest BCUT2D eigenvalue weighted by Gasteiger charge is 2.35. The van der Waals surface area contributed by atoms with Gasteiger partial charge in [0.15, 0.2) is 0 Å². The molecule has 0 bridgehead atoms. The molecule has 7 heteroatoms. The molecule has 0 amide bonds. The van der Waals surface area contributed by atoms with Crippen LogP contribution < -0.4 is 5.32 Å². The Morgan fingerprint density at radius 1 is 1.35 bits per heavy atom. The largest absolute Gasteiger partial charge is 0.311 e. The third kappa shape index (κ3) is 3.28. The maximum atomic E-state index is 12.7. The molecule has 2 unspecified atom stereocenters. The maximum Gasteiger partial charge on any atom is 0.244 e. The van der Waals surface area contributed by atoms with Crippen LogP contribution >= 0.6 is 24.0 Å². The second-order valence-corrected chi connectivity index (χ2v) is 7.30. The summed E-state index contributed by atoms with van der Waals surface area (Å²) in [5, 5.41) is 3.56. The van der Waals surface area contributed by atoms with Gasteiger partial charge in [-0.15, -0.1) is 12.4 Å². The van der Waals surface area contributed by atoms with Gasteiger partial charge in [0.2, 0.25) is 10.0 Å². The fourth-order valence-corrected chi connectivity index (χ4v) is 4.58. The molecule has 0 aromatic heterocycles. The van der Waals surface area contributed by atoms with Crippen LogP contribution in [0, 0.1) is 6.92 Å². The van der Waals surface area contributed by atoms with Crippen molar-refractivity contribution in [2.75, 3.05) is 13.1 Å². The molecule has 1 aromatic carbocycles. The zero-order valence-electron chi connectivity index (χ0n) is 11.8. The number of hydrogen-bond donors (Lipinski definition) is 1. The summed E-state index contributed by atoms with van der Waals surface area (Å²) >= 11 is 6.10. The number of rotatable bonds is 2. The maximum absolute atomic E-state index is 12.7. The van der Waals surface area contributed by atoms with E-state index < -0.39 is 10.0 Å². The zero-order valence-corrected chi connectivity index (χ0v) is 14.1. The summed E-state index contributed by atoms with van der Waals surface area (Å²) in [6.07, 6.45) is 0. The molecule has 1 aromatic rings. The van der Waals surface area contributed by atoms with E-state index in [2.05, 4.69) is 5.32 Å². The van der Waals surface area contributed by atoms with Gasteiger partial charge < -0.3 is 5.32 Å². The molecule has 114 valence electrons. The molecule has 1 heterocycles. The van der Waals surface area contributed by atoms with E-state index >= 15 is 0 Å². The van der Waals surface area contributed by atoms with Crippen molar-refractivity contribution in [1.29, 1.82) is 0 Å². The smallest absolute Gasteiger partial charge is 0.244 e. The Labute approximate surface area is 132 Å². The summed E-state index contributed by atoms with van der Waals surface area (Å²) < 4.78 is 26.9. The second-order valence-electron chi connectivity index (χ2n) is 5.03. The van der Waals surface area contributed by atoms with Crippen LogP contribution in [0.15, 0.2) is 23.1 Å². The van der Waals surface area contributed by atoms with E-state index in [1.807, 2.05) is 20.8 Å². The summed E-state index contributed by atoms with van der Waals surface area (Å²) in [7, 11) is -3.53. The van der Waals surface area contributed by atoms with E-state index in [1.54, 1.807) is 18.2 Å². The molecule has 1 fully saturated rings. The first-order valence-corrected chi connectivity index (χ1v) is 8.17. The number of aryl methyl sites for hydroxylation is 1. The third-order valence-electron chi connectivity index (χ3n) is 3.65. The quantitative estimate of drug-likeness (QED) is 0.900. The molecule has 1 saturated heterocycles. The van der Waals surface area contributed by atoms with Gasteiger partial charge in [0, 0.05) is 25.2 Å². The number of nitrogens with one attached hydrogen (secondary N) is 1. The average molecular weight is 339 g/mol. The SMILES string of the molecule is Cc1ccc(S(=O)(=O)N2CCNC(C)C2C)c(Cl)c1.Cl. The van der Waals surface area contributed by atoms with Gasteiger partial charge in [0.1, 0.15) is 4.90 Å². The van der Waals surface area contributed by atoms with Crippen molar-refractivity contribution in [3.05, 3.63) is 28.8 Å². The summed E-state index contributed by atoms with van der Waals surface area (Å²) in [6.45, 7) is 6.92. The minimum absolute atomic E-state index is 0. The monoisotopic (exact) mass is 338 g/mol. The normalized spacial score (nSPS) is 24.2. The number of nitrogens with zero attached hydrogens (tertiary/aromatic N) is 1. The van der Waals surface area contributed by atoms with Crippen molar-refractivity contribution < 1.29 is 8.42 Å². The first kappa shape index (κ1) is 17.7. The van der Waals surface area contributed by atoms with Gasteiger partial charge in [-0.2, -0.15) is 4.31 Å². The first-order valence-electron chi connectivity index (χ1n) is 6.35. The molecule has 1 aliphatic rings. The Morgan fingerprint density at radius 2 is 2.00 bits per heavy atom. The van der Waals surface area contributed by atoms with Crippen LogP contribution in [0.2, 0.25) is 5.02 Å². The zero-order chi connectivity index (χ0) is 14.2. The van der Waals surface area contributed by atoms with Crippen molar-refractivity contribution >= 4 is 34.0 Å². The molecule has 0 saturated carbocycles. The van der Waals surface area contributed by atoms with Gasteiger partial charge in [-0.3, -0.25) is 0 Å². The molecule has 4 nitrogen and oxygen atoms in total. The first-order chi connectivity index (χ1) is 8.84. The fourth-order valence-electron chi connectivity index (χ4n) is 2.31. The van der Waals surface area contributed by atoms with Gasteiger partial charge in [0.25, 0.3) is 0 Å². The lowest BCUT2D eigenvalue weighted by Crippen LogP contribution is -2.57. The predicted octanol–water partition coefficient (Wildman–Crippen LogP) is 2.44. The summed E-state index contributed by atoms with van der Waals surface area (Å²) in [5.74, 6) is 0. The number of halogens is 2. The molecular weight excluding hydrogens is 319 g/mol. The highest BCUT2D eigenvalue weighted by atomic mass is 35.5. The molecule has 20 heavy (non-hydrogen) atoms. The van der Waals surface area contributed by atoms with Gasteiger partial charge in [-0.25, -0.2) is 8.42 Å². The summed E-state index contributed by atoms with van der Waals surface area (Å²) in [4.78, 5) is 0.195. The Kier molecular flexibility index (Phi) is 5.87. The van der Waals surface area contributed by atoms with Gasteiger partial charge >= 0.3 is 0 Å². The molecule has 2 rings (SSSR count). The van der Waals surface area contributed by atoms with Crippen LogP contribution in [0.3, 0.4) is 0 Å². The average Bonchev–Trinajstić information content (AvgIpc) is 2.31. The van der Waals surface area contributed by atoms with Crippen molar-refractivity contribution in [1.82, 2.24) is 9.62 Å². The van der Waals surface area contributed by atoms with Crippen LogP contribution in [-0.4, -0.2) is 37.9 Å². The van der Waals surface area contributed by atoms with E-state index in [1.165, 1.54) is 4.31 Å². The molecule has 0 aliphatic carbocycles. The van der Waals surface area contributed by atoms with E-state index in [4.69, 9.17) is 11.6 Å². The molecule has 0 spiro atoms. The van der Waals surface area contributed by atoms with Crippen molar-refractivity contribution in [2.24, 2.45) is 0 Å². The third-order valence-corrected chi connectivity index (χ3v) is 6.12. The van der Waals surface area contributed by atoms with Gasteiger partial charge in [0.05, 0.1) is 5.02 Å². The Bertz CT molecular complexity index is 578. The van der Waals surface area contributed by atoms with E-state index in [0.29, 0.717) is 18.1 Å². The van der Waals surface area contributed by atoms with Crippen molar-refractivity contribution in [3.63, 3.8) is 0 Å². The van der Waals surface area contributed by atoms with Crippen LogP contribution in [0.1, 0.15) is 19.4 Å². The molecule has 0 radical (unpaired) electrons. The fraction of sp³-hybridized carbons (Fsp3) is 0.538. The number of sulfonamides is 1. The second kappa shape index (κ2) is 6.62. The summed E-state index contributed by atoms with van der Waals surface area (Å²) in [6, 6.07) is 5.09. The molecule has 2 atom stereocenters. The van der Waals surface area contributed by atoms with Crippen LogP contribution in [-0.2, 0) is 10.0 Å². The predicted molar refractivity (Wildman–Crippen MR) is 84.3 cm³/mol. The topological polar surface area (TPSA) is 49.4 Å². The molecule has 1 aliphatic heterocycles. The van der Waals surface area contributed by atoms with E-state index in [-0.39, 0.29) is 29.4 Å². The Hall–Kier alpha value is -0.330. The Balaban J connectivity index is 0.00000200. The Morgan fingerprint density at radius 3 is 2.60 bits per heavy atom. The lowest BCUT2D eigenvalue weighted by atomic mass is 10.1. The lowest BCUT2D eigenvalue weighted by molar-refractivity contribution is 0.233. The van der Waals surface area contributed by atoms with Gasteiger partial charge in [-0.05, 0) is 38.5 Å². The number of piperazine rings is 1. The summed E-state index contributed by atoms with van der Waals surface area (Å²) in [5.41, 5.74) is 0.950. The van der Waals surface area contributed by atoms with Crippen molar-refractivity contribution in [2.45, 2.75) is 37.8 Å². The van der Waals surface area contributed by atoms with E-state index in [9.17, 15) is 8.42 Å². The number of hydrogen-bond acceptors (Lipinski definition) is 3. The highest BCUT2D eigenvalue weighted by molar-refractivity contribution is 7.89. The highest BCUT2D eigenvalue weighted by Crippen LogP contribution is 2.28. The minimum atomic E-state index is -3.53. The van der Waals surface area contributed by atoms with Crippen molar-refractivity contribution in [3.8, 4) is 0 Å². The van der Waals surface area contributed by atoms with Crippen LogP contribution in [0.4, 0.5) is 0 Å².